The number of halogens is 1. The van der Waals surface area contributed by atoms with E-state index in [9.17, 15) is 17.6 Å². The number of ether oxygens (including phenoxy) is 2. The zero-order valence-corrected chi connectivity index (χ0v) is 21.8. The topological polar surface area (TPSA) is 154 Å². The van der Waals surface area contributed by atoms with Gasteiger partial charge in [-0.05, 0) is 36.8 Å². The van der Waals surface area contributed by atoms with Crippen LogP contribution in [-0.2, 0) is 10.0 Å². The molecule has 3 aromatic heterocycles. The molecule has 5 aromatic rings. The molecule has 0 radical (unpaired) electrons. The Morgan fingerprint density at radius 1 is 1.13 bits per heavy atom. The van der Waals surface area contributed by atoms with Gasteiger partial charge in [-0.1, -0.05) is 12.1 Å². The molecule has 0 spiro atoms. The van der Waals surface area contributed by atoms with Crippen LogP contribution >= 0.6 is 0 Å². The van der Waals surface area contributed by atoms with Crippen molar-refractivity contribution >= 4 is 38.2 Å². The molecule has 200 valence electrons. The number of rotatable bonds is 8. The van der Waals surface area contributed by atoms with Gasteiger partial charge < -0.3 is 20.2 Å². The van der Waals surface area contributed by atoms with E-state index in [1.165, 1.54) is 36.3 Å². The predicted molar refractivity (Wildman–Crippen MR) is 144 cm³/mol. The van der Waals surface area contributed by atoms with E-state index in [1.54, 1.807) is 43.3 Å². The van der Waals surface area contributed by atoms with Crippen LogP contribution in [0.4, 0.5) is 15.9 Å². The molecular formula is C26H23FN6O5S. The molecule has 0 fully saturated rings. The summed E-state index contributed by atoms with van der Waals surface area (Å²) in [6.07, 6.45) is 3.85. The normalized spacial score (nSPS) is 11.5. The Bertz CT molecular complexity index is 1850. The highest BCUT2D eigenvalue weighted by Crippen LogP contribution is 2.32. The average molecular weight is 551 g/mol. The van der Waals surface area contributed by atoms with Gasteiger partial charge in [-0.3, -0.25) is 9.52 Å². The molecule has 3 heterocycles. The lowest BCUT2D eigenvalue weighted by atomic mass is 10.1. The minimum absolute atomic E-state index is 0.0406. The van der Waals surface area contributed by atoms with E-state index < -0.39 is 21.6 Å². The fraction of sp³-hybridized carbons (Fsp3) is 0.115. The molecule has 0 saturated carbocycles. The lowest BCUT2D eigenvalue weighted by molar-refractivity contribution is 0.103. The van der Waals surface area contributed by atoms with E-state index in [4.69, 9.17) is 15.2 Å². The highest BCUT2D eigenvalue weighted by atomic mass is 32.2. The second kappa shape index (κ2) is 9.76. The third-order valence-corrected chi connectivity index (χ3v) is 6.46. The van der Waals surface area contributed by atoms with Crippen molar-refractivity contribution in [3.8, 4) is 23.1 Å². The number of anilines is 2. The van der Waals surface area contributed by atoms with Gasteiger partial charge in [-0.25, -0.2) is 22.5 Å². The predicted octanol–water partition coefficient (Wildman–Crippen LogP) is 4.18. The number of aromatic amines is 1. The van der Waals surface area contributed by atoms with E-state index in [-0.39, 0.29) is 40.1 Å². The number of carbonyl (C=O) groups is 1. The first-order chi connectivity index (χ1) is 18.5. The number of sulfonamides is 1. The number of hydrogen-bond acceptors (Lipinski definition) is 8. The number of benzene rings is 2. The molecule has 39 heavy (non-hydrogen) atoms. The van der Waals surface area contributed by atoms with Gasteiger partial charge in [-0.15, -0.1) is 0 Å². The molecule has 5 rings (SSSR count). The maximum absolute atomic E-state index is 13.9. The van der Waals surface area contributed by atoms with Crippen LogP contribution in [0, 0.1) is 12.7 Å². The van der Waals surface area contributed by atoms with E-state index in [0.29, 0.717) is 22.2 Å². The first-order valence-corrected chi connectivity index (χ1v) is 13.4. The fourth-order valence-corrected chi connectivity index (χ4v) is 4.60. The first kappa shape index (κ1) is 25.7. The lowest BCUT2D eigenvalue weighted by Crippen LogP contribution is -2.10. The summed E-state index contributed by atoms with van der Waals surface area (Å²) in [6.45, 7) is 1.78. The number of aryl methyl sites for hydroxylation is 1. The fourth-order valence-electron chi connectivity index (χ4n) is 4.04. The number of fused-ring (bicyclic) bond motifs is 1. The maximum Gasteiger partial charge on any atom is 0.229 e. The van der Waals surface area contributed by atoms with Crippen molar-refractivity contribution in [3.05, 3.63) is 83.6 Å². The van der Waals surface area contributed by atoms with Crippen LogP contribution in [0.15, 0.2) is 60.9 Å². The third kappa shape index (κ3) is 5.11. The molecule has 2 aromatic carbocycles. The van der Waals surface area contributed by atoms with Crippen LogP contribution in [0.25, 0.3) is 16.6 Å². The number of nitrogens with one attached hydrogen (secondary N) is 2. The molecule has 0 atom stereocenters. The van der Waals surface area contributed by atoms with Gasteiger partial charge in [0.05, 0.1) is 48.4 Å². The highest BCUT2D eigenvalue weighted by Gasteiger charge is 2.22. The largest absolute Gasteiger partial charge is 0.494 e. The first-order valence-electron chi connectivity index (χ1n) is 11.5. The molecule has 0 aliphatic carbocycles. The summed E-state index contributed by atoms with van der Waals surface area (Å²) in [6, 6.07) is 12.3. The van der Waals surface area contributed by atoms with Gasteiger partial charge in [0, 0.05) is 23.0 Å². The number of aromatic nitrogens is 4. The van der Waals surface area contributed by atoms with Gasteiger partial charge in [0.1, 0.15) is 11.6 Å². The van der Waals surface area contributed by atoms with E-state index >= 15 is 0 Å². The number of H-pyrrole nitrogens is 1. The molecule has 13 heteroatoms. The number of pyridine rings is 1. The average Bonchev–Trinajstić information content (AvgIpc) is 3.47. The summed E-state index contributed by atoms with van der Waals surface area (Å²) in [7, 11) is -2.14. The summed E-state index contributed by atoms with van der Waals surface area (Å²) < 4.78 is 52.0. The summed E-state index contributed by atoms with van der Waals surface area (Å²) in [5.41, 5.74) is 8.67. The van der Waals surface area contributed by atoms with Crippen molar-refractivity contribution in [2.24, 2.45) is 0 Å². The van der Waals surface area contributed by atoms with Gasteiger partial charge in [-0.2, -0.15) is 5.10 Å². The number of ketones is 1. The smallest absolute Gasteiger partial charge is 0.229 e. The standard InChI is InChI=1S/C26H23FN6O5S/c1-14-8-24(38-22-7-5-4-6-17(22)27)29-13-21(14)33-26(28)16(12-30-33)25(34)20-10-15-9-19(32-39(3,35)36)23(37-2)11-18(15)31-20/h4-13,31-32H,28H2,1-3H3. The number of nitrogens with zero attached hydrogens (tertiary/aromatic N) is 3. The zero-order valence-electron chi connectivity index (χ0n) is 21.0. The minimum atomic E-state index is -3.55. The van der Waals surface area contributed by atoms with E-state index in [0.717, 1.165) is 6.26 Å². The Kier molecular flexibility index (Phi) is 6.44. The number of methoxy groups -OCH3 is 1. The van der Waals surface area contributed by atoms with Crippen molar-refractivity contribution in [1.82, 2.24) is 19.7 Å². The Balaban J connectivity index is 1.44. The Hall–Kier alpha value is -4.91. The van der Waals surface area contributed by atoms with Crippen LogP contribution in [-0.4, -0.2) is 47.3 Å². The third-order valence-electron chi connectivity index (χ3n) is 5.87. The van der Waals surface area contributed by atoms with Crippen LogP contribution in [0.5, 0.6) is 17.4 Å². The molecule has 0 aliphatic heterocycles. The van der Waals surface area contributed by atoms with Crippen molar-refractivity contribution in [1.29, 1.82) is 0 Å². The van der Waals surface area contributed by atoms with Crippen LogP contribution < -0.4 is 19.9 Å². The Morgan fingerprint density at radius 2 is 1.90 bits per heavy atom. The number of nitrogen functional groups attached to an aromatic ring is 1. The SMILES string of the molecule is COc1cc2[nH]c(C(=O)c3cnn(-c4cnc(Oc5ccccc5F)cc4C)c3N)cc2cc1NS(C)(=O)=O. The molecule has 0 unspecified atom stereocenters. The summed E-state index contributed by atoms with van der Waals surface area (Å²) >= 11 is 0. The van der Waals surface area contributed by atoms with Crippen LogP contribution in [0.2, 0.25) is 0 Å². The van der Waals surface area contributed by atoms with Crippen molar-refractivity contribution in [2.45, 2.75) is 6.92 Å². The molecule has 11 nitrogen and oxygen atoms in total. The van der Waals surface area contributed by atoms with Gasteiger partial charge in [0.15, 0.2) is 11.6 Å². The van der Waals surface area contributed by atoms with Crippen molar-refractivity contribution < 1.29 is 27.1 Å². The maximum atomic E-state index is 13.9. The Labute approximate surface area is 222 Å². The van der Waals surface area contributed by atoms with Crippen LogP contribution in [0.1, 0.15) is 21.6 Å². The summed E-state index contributed by atoms with van der Waals surface area (Å²) in [4.78, 5) is 20.6. The highest BCUT2D eigenvalue weighted by molar-refractivity contribution is 7.92. The quantitative estimate of drug-likeness (QED) is 0.243. The van der Waals surface area contributed by atoms with Gasteiger partial charge >= 0.3 is 0 Å². The number of nitrogens with two attached hydrogens (primary N) is 1. The van der Waals surface area contributed by atoms with Crippen molar-refractivity contribution in [2.75, 3.05) is 23.8 Å². The molecule has 0 amide bonds. The number of carbonyl (C=O) groups excluding carboxylic acids is 1. The van der Waals surface area contributed by atoms with Gasteiger partial charge in [0.2, 0.25) is 21.7 Å². The molecule has 0 bridgehead atoms. The summed E-state index contributed by atoms with van der Waals surface area (Å²) in [5.74, 6) is -0.342. The van der Waals surface area contributed by atoms with Crippen molar-refractivity contribution in [3.63, 3.8) is 0 Å². The Morgan fingerprint density at radius 3 is 2.59 bits per heavy atom. The number of para-hydroxylation sites is 1. The van der Waals surface area contributed by atoms with E-state index in [1.807, 2.05) is 0 Å². The van der Waals surface area contributed by atoms with Gasteiger partial charge in [0.25, 0.3) is 0 Å². The molecule has 0 saturated heterocycles. The zero-order chi connectivity index (χ0) is 27.9. The van der Waals surface area contributed by atoms with Crippen LogP contribution in [0.3, 0.4) is 0 Å². The monoisotopic (exact) mass is 550 g/mol. The lowest BCUT2D eigenvalue weighted by Gasteiger charge is -2.11. The molecule has 0 aliphatic rings. The summed E-state index contributed by atoms with van der Waals surface area (Å²) in [5, 5.41) is 4.86. The molecular weight excluding hydrogens is 527 g/mol. The second-order valence-electron chi connectivity index (χ2n) is 8.72. The minimum Gasteiger partial charge on any atom is -0.494 e. The number of hydrogen-bond donors (Lipinski definition) is 3. The van der Waals surface area contributed by atoms with E-state index in [2.05, 4.69) is 19.8 Å². The molecule has 4 N–H and O–H groups in total. The second-order valence-corrected chi connectivity index (χ2v) is 10.5.